The van der Waals surface area contributed by atoms with Gasteiger partial charge in [0.2, 0.25) is 21.8 Å². The minimum Gasteiger partial charge on any atom is -0.497 e. The molecule has 8 nitrogen and oxygen atoms in total. The number of carbonyl (C=O) groups excluding carboxylic acids is 2. The molecule has 1 atom stereocenters. The summed E-state index contributed by atoms with van der Waals surface area (Å²) in [6.45, 7) is 0.0808. The van der Waals surface area contributed by atoms with Gasteiger partial charge < -0.3 is 15.0 Å². The van der Waals surface area contributed by atoms with Gasteiger partial charge in [-0.3, -0.25) is 13.9 Å². The molecule has 0 saturated heterocycles. The van der Waals surface area contributed by atoms with Crippen LogP contribution in [0.5, 0.6) is 5.75 Å². The smallest absolute Gasteiger partial charge is 0.242 e. The Balaban J connectivity index is 1.87. The van der Waals surface area contributed by atoms with E-state index in [0.717, 1.165) is 11.8 Å². The van der Waals surface area contributed by atoms with Crippen LogP contribution in [-0.2, 0) is 32.6 Å². The largest absolute Gasteiger partial charge is 0.497 e. The molecule has 0 aliphatic heterocycles. The molecule has 0 bridgehead atoms. The Morgan fingerprint density at radius 3 is 2.12 bits per heavy atom. The van der Waals surface area contributed by atoms with Gasteiger partial charge in [-0.15, -0.1) is 0 Å². The van der Waals surface area contributed by atoms with Crippen molar-refractivity contribution in [3.63, 3.8) is 0 Å². The number of nitrogens with zero attached hydrogens (tertiary/aromatic N) is 2. The molecule has 0 aliphatic carbocycles. The molecule has 3 aromatic rings. The van der Waals surface area contributed by atoms with Crippen LogP contribution < -0.4 is 14.4 Å². The summed E-state index contributed by atoms with van der Waals surface area (Å²) in [5, 5.41) is 3.42. The number of hydrogen-bond donors (Lipinski definition) is 1. The Hall–Kier alpha value is -3.27. The molecule has 3 rings (SSSR count). The first-order valence-electron chi connectivity index (χ1n) is 12.6. The number of sulfonamides is 1. The van der Waals surface area contributed by atoms with Crippen molar-refractivity contribution in [3.05, 3.63) is 94.0 Å². The summed E-state index contributed by atoms with van der Waals surface area (Å²) < 4.78 is 31.5. The van der Waals surface area contributed by atoms with Crippen LogP contribution in [-0.4, -0.2) is 58.1 Å². The minimum absolute atomic E-state index is 0.00741. The van der Waals surface area contributed by atoms with Crippen molar-refractivity contribution in [2.75, 3.05) is 31.3 Å². The summed E-state index contributed by atoms with van der Waals surface area (Å²) in [6.07, 6.45) is 1.60. The lowest BCUT2D eigenvalue weighted by molar-refractivity contribution is -0.141. The highest BCUT2D eigenvalue weighted by atomic mass is 35.5. The highest BCUT2D eigenvalue weighted by Gasteiger charge is 2.31. The fourth-order valence-electron chi connectivity index (χ4n) is 4.33. The van der Waals surface area contributed by atoms with Crippen LogP contribution in [0, 0.1) is 0 Å². The Kier molecular flexibility index (Phi) is 11.2. The SMILES string of the molecule is CNC(=O)[C@@H](Cc1ccccc1)N(Cc1c(Cl)cccc1Cl)C(=O)CCCN(c1ccc(OC)cc1)S(C)(=O)=O. The summed E-state index contributed by atoms with van der Waals surface area (Å²) in [5.74, 6) is -0.0695. The number of carbonyl (C=O) groups is 2. The van der Waals surface area contributed by atoms with Crippen LogP contribution >= 0.6 is 23.2 Å². The quantitative estimate of drug-likeness (QED) is 0.298. The first kappa shape index (κ1) is 31.3. The van der Waals surface area contributed by atoms with E-state index in [1.165, 1.54) is 23.4 Å². The third kappa shape index (κ3) is 8.36. The van der Waals surface area contributed by atoms with E-state index in [2.05, 4.69) is 5.32 Å². The maximum Gasteiger partial charge on any atom is 0.242 e. The van der Waals surface area contributed by atoms with Crippen LogP contribution in [0.15, 0.2) is 72.8 Å². The summed E-state index contributed by atoms with van der Waals surface area (Å²) in [6, 6.07) is 20.2. The van der Waals surface area contributed by atoms with Crippen molar-refractivity contribution in [2.24, 2.45) is 0 Å². The van der Waals surface area contributed by atoms with E-state index in [9.17, 15) is 18.0 Å². The number of halogens is 2. The summed E-state index contributed by atoms with van der Waals surface area (Å²) in [4.78, 5) is 28.3. The number of hydrogen-bond acceptors (Lipinski definition) is 5. The lowest BCUT2D eigenvalue weighted by Gasteiger charge is -2.32. The van der Waals surface area contributed by atoms with Gasteiger partial charge >= 0.3 is 0 Å². The third-order valence-corrected chi connectivity index (χ3v) is 8.32. The molecule has 0 fully saturated rings. The second-order valence-corrected chi connectivity index (χ2v) is 11.9. The molecule has 11 heteroatoms. The second-order valence-electron chi connectivity index (χ2n) is 9.18. The summed E-state index contributed by atoms with van der Waals surface area (Å²) in [5.41, 5.74) is 1.86. The Labute approximate surface area is 245 Å². The van der Waals surface area contributed by atoms with E-state index in [1.54, 1.807) is 42.5 Å². The standard InChI is InChI=1S/C29H33Cl2N3O5S/c1-32-29(36)27(19-21-9-5-4-6-10-21)33(20-24-25(30)11-7-12-26(24)31)28(35)13-8-18-34(40(3,37)38)22-14-16-23(39-2)17-15-22/h4-7,9-12,14-17,27H,8,13,18-20H2,1-3H3,(H,32,36)/t27-/m1/s1. The Morgan fingerprint density at radius 1 is 0.950 bits per heavy atom. The molecule has 0 unspecified atom stereocenters. The molecule has 0 aliphatic rings. The number of nitrogens with one attached hydrogen (secondary N) is 1. The van der Waals surface area contributed by atoms with Gasteiger partial charge in [-0.1, -0.05) is 59.6 Å². The summed E-state index contributed by atoms with van der Waals surface area (Å²) >= 11 is 12.9. The molecule has 0 aromatic heterocycles. The molecule has 2 amide bonds. The van der Waals surface area contributed by atoms with Crippen molar-refractivity contribution in [3.8, 4) is 5.75 Å². The fourth-order valence-corrected chi connectivity index (χ4v) is 5.81. The summed E-state index contributed by atoms with van der Waals surface area (Å²) in [7, 11) is -0.575. The van der Waals surface area contributed by atoms with E-state index in [1.807, 2.05) is 30.3 Å². The molecule has 0 spiro atoms. The van der Waals surface area contributed by atoms with Gasteiger partial charge in [-0.05, 0) is 48.4 Å². The molecule has 0 saturated carbocycles. The predicted octanol–water partition coefficient (Wildman–Crippen LogP) is 4.93. The molecule has 1 N–H and O–H groups in total. The highest BCUT2D eigenvalue weighted by molar-refractivity contribution is 7.92. The number of benzene rings is 3. The number of rotatable bonds is 13. The van der Waals surface area contributed by atoms with Gasteiger partial charge in [0.05, 0.1) is 19.1 Å². The lowest BCUT2D eigenvalue weighted by Crippen LogP contribution is -2.50. The Morgan fingerprint density at radius 2 is 1.57 bits per heavy atom. The first-order chi connectivity index (χ1) is 19.0. The third-order valence-electron chi connectivity index (χ3n) is 6.42. The topological polar surface area (TPSA) is 96.0 Å². The number of methoxy groups -OCH3 is 1. The van der Waals surface area contributed by atoms with Crippen LogP contribution in [0.25, 0.3) is 0 Å². The molecular weight excluding hydrogens is 573 g/mol. The molecule has 40 heavy (non-hydrogen) atoms. The van der Waals surface area contributed by atoms with E-state index in [0.29, 0.717) is 27.0 Å². The van der Waals surface area contributed by atoms with Gasteiger partial charge in [-0.25, -0.2) is 8.42 Å². The number of anilines is 1. The van der Waals surface area contributed by atoms with Gasteiger partial charge in [0.15, 0.2) is 0 Å². The average Bonchev–Trinajstić information content (AvgIpc) is 2.93. The van der Waals surface area contributed by atoms with Crippen LogP contribution in [0.1, 0.15) is 24.0 Å². The van der Waals surface area contributed by atoms with Crippen molar-refractivity contribution in [2.45, 2.75) is 31.8 Å². The van der Waals surface area contributed by atoms with Gasteiger partial charge in [0.1, 0.15) is 11.8 Å². The number of amides is 2. The molecule has 0 heterocycles. The predicted molar refractivity (Wildman–Crippen MR) is 159 cm³/mol. The van der Waals surface area contributed by atoms with Crippen LogP contribution in [0.2, 0.25) is 10.0 Å². The van der Waals surface area contributed by atoms with Crippen molar-refractivity contribution in [1.29, 1.82) is 0 Å². The zero-order valence-electron chi connectivity index (χ0n) is 22.6. The number of ether oxygens (including phenoxy) is 1. The van der Waals surface area contributed by atoms with E-state index >= 15 is 0 Å². The van der Waals surface area contributed by atoms with E-state index < -0.39 is 16.1 Å². The van der Waals surface area contributed by atoms with Crippen molar-refractivity contribution < 1.29 is 22.7 Å². The van der Waals surface area contributed by atoms with Crippen molar-refractivity contribution >= 4 is 50.7 Å². The average molecular weight is 607 g/mol. The van der Waals surface area contributed by atoms with Gasteiger partial charge in [-0.2, -0.15) is 0 Å². The zero-order chi connectivity index (χ0) is 29.3. The zero-order valence-corrected chi connectivity index (χ0v) is 25.0. The molecule has 214 valence electrons. The maximum absolute atomic E-state index is 13.7. The first-order valence-corrected chi connectivity index (χ1v) is 15.2. The Bertz CT molecular complexity index is 1380. The normalized spacial score (nSPS) is 11.9. The maximum atomic E-state index is 13.7. The van der Waals surface area contributed by atoms with Gasteiger partial charge in [0.25, 0.3) is 0 Å². The second kappa shape index (κ2) is 14.4. The van der Waals surface area contributed by atoms with E-state index in [-0.39, 0.29) is 44.2 Å². The monoisotopic (exact) mass is 605 g/mol. The van der Waals surface area contributed by atoms with Crippen molar-refractivity contribution in [1.82, 2.24) is 10.2 Å². The highest BCUT2D eigenvalue weighted by Crippen LogP contribution is 2.28. The minimum atomic E-state index is -3.62. The number of likely N-dealkylation sites (N-methyl/N-ethyl adjacent to an activating group) is 1. The fraction of sp³-hybridized carbons (Fsp3) is 0.310. The van der Waals surface area contributed by atoms with Crippen LogP contribution in [0.4, 0.5) is 5.69 Å². The molecule has 3 aromatic carbocycles. The van der Waals surface area contributed by atoms with E-state index in [4.69, 9.17) is 27.9 Å². The lowest BCUT2D eigenvalue weighted by atomic mass is 10.0. The molecular formula is C29H33Cl2N3O5S. The molecule has 0 radical (unpaired) electrons. The van der Waals surface area contributed by atoms with Crippen LogP contribution in [0.3, 0.4) is 0 Å². The van der Waals surface area contributed by atoms with Gasteiger partial charge in [0, 0.05) is 48.6 Å².